The molecule has 202 valence electrons. The molecule has 2 aromatic rings. The topological polar surface area (TPSA) is 68.2 Å². The summed E-state index contributed by atoms with van der Waals surface area (Å²) in [6, 6.07) is 8.70. The maximum atomic E-state index is 6.52. The van der Waals surface area contributed by atoms with Crippen LogP contribution in [0.4, 0.5) is 0 Å². The maximum absolute atomic E-state index is 6.52. The molecule has 4 nitrogen and oxygen atoms in total. The summed E-state index contributed by atoms with van der Waals surface area (Å²) in [5, 5.41) is 1.19. The van der Waals surface area contributed by atoms with E-state index in [0.29, 0.717) is 17.9 Å². The number of benzene rings is 1. The second-order valence-corrected chi connectivity index (χ2v) is 9.90. The minimum atomic E-state index is -0.0577. The Balaban J connectivity index is 0.000000562. The number of fused-ring (bicyclic) bond motifs is 1. The van der Waals surface area contributed by atoms with Gasteiger partial charge in [-0.05, 0) is 56.8 Å². The van der Waals surface area contributed by atoms with Crippen molar-refractivity contribution >= 4 is 16.5 Å². The lowest BCUT2D eigenvalue weighted by atomic mass is 9.80. The largest absolute Gasteiger partial charge is 0.402 e. The van der Waals surface area contributed by atoms with Crippen LogP contribution in [0.5, 0.6) is 0 Å². The number of aromatic nitrogens is 1. The number of allylic oxidation sites excluding steroid dienone is 2. The van der Waals surface area contributed by atoms with Gasteiger partial charge >= 0.3 is 0 Å². The Morgan fingerprint density at radius 1 is 1.22 bits per heavy atom. The molecule has 1 fully saturated rings. The Morgan fingerprint density at radius 2 is 1.81 bits per heavy atom. The van der Waals surface area contributed by atoms with Crippen molar-refractivity contribution in [1.82, 2.24) is 9.88 Å². The lowest BCUT2D eigenvalue weighted by Crippen LogP contribution is -2.47. The normalized spacial score (nSPS) is 20.4. The molecule has 0 aliphatic carbocycles. The first-order valence-electron chi connectivity index (χ1n) is 13.5. The summed E-state index contributed by atoms with van der Waals surface area (Å²) in [6.45, 7) is 29.0. The van der Waals surface area contributed by atoms with Gasteiger partial charge in [-0.15, -0.1) is 6.58 Å². The van der Waals surface area contributed by atoms with Gasteiger partial charge in [0.15, 0.2) is 0 Å². The molecule has 2 heterocycles. The number of nitrogens with zero attached hydrogens (tertiary/aromatic N) is 2. The Hall–Kier alpha value is -2.43. The van der Waals surface area contributed by atoms with Crippen molar-refractivity contribution < 1.29 is 0 Å². The maximum Gasteiger partial charge on any atom is 0.0737 e. The van der Waals surface area contributed by atoms with Gasteiger partial charge in [-0.1, -0.05) is 91.0 Å². The fourth-order valence-electron chi connectivity index (χ4n) is 4.46. The molecular weight excluding hydrogens is 440 g/mol. The molecule has 4 N–H and O–H groups in total. The van der Waals surface area contributed by atoms with Gasteiger partial charge in [0, 0.05) is 41.3 Å². The zero-order valence-electron chi connectivity index (χ0n) is 24.7. The highest BCUT2D eigenvalue weighted by atomic mass is 15.2. The summed E-state index contributed by atoms with van der Waals surface area (Å²) in [7, 11) is 2.14. The predicted octanol–water partition coefficient (Wildman–Crippen LogP) is 7.73. The number of likely N-dealkylation sites (N-methyl/N-ethyl adjacent to an activating group) is 1. The van der Waals surface area contributed by atoms with Crippen LogP contribution in [0.3, 0.4) is 0 Å². The summed E-state index contributed by atoms with van der Waals surface area (Å²) >= 11 is 0. The van der Waals surface area contributed by atoms with E-state index in [4.69, 9.17) is 11.5 Å². The van der Waals surface area contributed by atoms with E-state index in [-0.39, 0.29) is 5.54 Å². The quantitative estimate of drug-likeness (QED) is 0.403. The minimum Gasteiger partial charge on any atom is -0.402 e. The molecule has 4 heteroatoms. The molecule has 4 atom stereocenters. The zero-order chi connectivity index (χ0) is 28.1. The van der Waals surface area contributed by atoms with Gasteiger partial charge in [0.2, 0.25) is 0 Å². The van der Waals surface area contributed by atoms with Gasteiger partial charge in [0.1, 0.15) is 0 Å². The number of para-hydroxylation sites is 1. The van der Waals surface area contributed by atoms with E-state index < -0.39 is 0 Å². The van der Waals surface area contributed by atoms with E-state index in [0.717, 1.165) is 42.6 Å². The molecule has 4 unspecified atom stereocenters. The van der Waals surface area contributed by atoms with Crippen LogP contribution in [0.15, 0.2) is 62.0 Å². The molecule has 1 aliphatic heterocycles. The molecule has 3 rings (SSSR count). The molecule has 0 spiro atoms. The molecule has 0 amide bonds. The second kappa shape index (κ2) is 16.3. The van der Waals surface area contributed by atoms with Crippen LogP contribution in [-0.4, -0.2) is 35.1 Å². The average Bonchev–Trinajstić information content (AvgIpc) is 3.19. The molecule has 1 aromatic heterocycles. The molecule has 1 saturated heterocycles. The van der Waals surface area contributed by atoms with Crippen LogP contribution < -0.4 is 11.5 Å². The lowest BCUT2D eigenvalue weighted by Gasteiger charge is -2.30. The summed E-state index contributed by atoms with van der Waals surface area (Å²) < 4.78 is 0. The van der Waals surface area contributed by atoms with E-state index in [1.807, 2.05) is 39.1 Å². The van der Waals surface area contributed by atoms with Gasteiger partial charge in [-0.2, -0.15) is 0 Å². The third-order valence-electron chi connectivity index (χ3n) is 7.18. The average molecular weight is 495 g/mol. The SMILES string of the molecule is C=C(C)c1ccnc2c(C)cccc12.C=C(N)C(C)C1CC(N)(C(C)CC)CN1C.C=CCC.CC. The van der Waals surface area contributed by atoms with Gasteiger partial charge < -0.3 is 16.4 Å². The third kappa shape index (κ3) is 9.22. The van der Waals surface area contributed by atoms with Crippen molar-refractivity contribution in [3.63, 3.8) is 0 Å². The van der Waals surface area contributed by atoms with E-state index in [2.05, 4.69) is 89.5 Å². The van der Waals surface area contributed by atoms with E-state index in [1.165, 1.54) is 16.5 Å². The number of aryl methyl sites for hydroxylation is 1. The summed E-state index contributed by atoms with van der Waals surface area (Å²) in [5.74, 6) is 0.873. The van der Waals surface area contributed by atoms with Crippen molar-refractivity contribution in [2.45, 2.75) is 86.2 Å². The highest BCUT2D eigenvalue weighted by Crippen LogP contribution is 2.35. The summed E-state index contributed by atoms with van der Waals surface area (Å²) in [4.78, 5) is 6.72. The molecular formula is C32H54N4. The Kier molecular flexibility index (Phi) is 15.2. The standard InChI is InChI=1S/C13H27N3.C13H13N.C4H8.C2H6/c1-6-9(2)13(15)7-12(16(5)8-13)10(3)11(4)14;1-9(2)11-7-8-14-13-10(3)5-4-6-12(11)13;1-3-4-2;1-2/h9-10,12H,4,6-8,14-15H2,1-3,5H3;4-8H,1H2,2-3H3;3H,1,4H2,2H3;1-2H3. The fraction of sp³-hybridized carbons (Fsp3) is 0.531. The van der Waals surface area contributed by atoms with Crippen LogP contribution >= 0.6 is 0 Å². The van der Waals surface area contributed by atoms with Crippen LogP contribution in [0.25, 0.3) is 16.5 Å². The first-order chi connectivity index (χ1) is 16.9. The van der Waals surface area contributed by atoms with E-state index in [1.54, 1.807) is 0 Å². The van der Waals surface area contributed by atoms with Crippen LogP contribution in [0.2, 0.25) is 0 Å². The monoisotopic (exact) mass is 494 g/mol. The highest BCUT2D eigenvalue weighted by Gasteiger charge is 2.44. The van der Waals surface area contributed by atoms with Crippen LogP contribution in [0, 0.1) is 18.8 Å². The number of pyridine rings is 1. The summed E-state index contributed by atoms with van der Waals surface area (Å²) in [6.07, 6.45) is 6.96. The Morgan fingerprint density at radius 3 is 2.28 bits per heavy atom. The molecule has 0 saturated carbocycles. The fourth-order valence-corrected chi connectivity index (χ4v) is 4.46. The van der Waals surface area contributed by atoms with Crippen molar-refractivity contribution in [1.29, 1.82) is 0 Å². The van der Waals surface area contributed by atoms with Crippen molar-refractivity contribution in [3.05, 3.63) is 73.1 Å². The van der Waals surface area contributed by atoms with Gasteiger partial charge in [-0.25, -0.2) is 0 Å². The lowest BCUT2D eigenvalue weighted by molar-refractivity contribution is 0.250. The van der Waals surface area contributed by atoms with Gasteiger partial charge in [-0.3, -0.25) is 4.98 Å². The zero-order valence-corrected chi connectivity index (χ0v) is 24.7. The number of hydrogen-bond acceptors (Lipinski definition) is 4. The summed E-state index contributed by atoms with van der Waals surface area (Å²) in [5.41, 5.74) is 17.6. The molecule has 1 aliphatic rings. The third-order valence-corrected chi connectivity index (χ3v) is 7.18. The van der Waals surface area contributed by atoms with Crippen LogP contribution in [-0.2, 0) is 0 Å². The van der Waals surface area contributed by atoms with Gasteiger partial charge in [0.25, 0.3) is 0 Å². The predicted molar refractivity (Wildman–Crippen MR) is 163 cm³/mol. The molecule has 0 radical (unpaired) electrons. The Bertz CT molecular complexity index is 964. The number of likely N-dealkylation sites (tertiary alicyclic amines) is 1. The number of hydrogen-bond donors (Lipinski definition) is 2. The van der Waals surface area contributed by atoms with Crippen molar-refractivity contribution in [2.75, 3.05) is 13.6 Å². The Labute approximate surface area is 222 Å². The molecule has 36 heavy (non-hydrogen) atoms. The van der Waals surface area contributed by atoms with Crippen molar-refractivity contribution in [2.24, 2.45) is 23.3 Å². The second-order valence-electron chi connectivity index (χ2n) is 9.90. The molecule has 0 bridgehead atoms. The number of nitrogens with two attached hydrogens (primary N) is 2. The van der Waals surface area contributed by atoms with Gasteiger partial charge in [0.05, 0.1) is 5.52 Å². The minimum absolute atomic E-state index is 0.0577. The van der Waals surface area contributed by atoms with Crippen molar-refractivity contribution in [3.8, 4) is 0 Å². The highest BCUT2D eigenvalue weighted by molar-refractivity contribution is 5.92. The smallest absolute Gasteiger partial charge is 0.0737 e. The first kappa shape index (κ1) is 33.6. The van der Waals surface area contributed by atoms with E-state index >= 15 is 0 Å². The molecule has 1 aromatic carbocycles. The number of rotatable bonds is 6. The van der Waals surface area contributed by atoms with Crippen LogP contribution in [0.1, 0.15) is 78.9 Å². The van der Waals surface area contributed by atoms with E-state index in [9.17, 15) is 0 Å². The first-order valence-corrected chi connectivity index (χ1v) is 13.5.